The zero-order chi connectivity index (χ0) is 12.4. The average molecular weight is 228 g/mol. The van der Waals surface area contributed by atoms with E-state index in [1.807, 2.05) is 0 Å². The van der Waals surface area contributed by atoms with E-state index in [0.29, 0.717) is 12.5 Å². The lowest BCUT2D eigenvalue weighted by atomic mass is 9.98. The number of carbonyl (C=O) groups is 2. The lowest BCUT2D eigenvalue weighted by Gasteiger charge is -2.11. The van der Waals surface area contributed by atoms with Gasteiger partial charge in [0.05, 0.1) is 6.61 Å². The van der Waals surface area contributed by atoms with E-state index in [-0.39, 0.29) is 0 Å². The number of carboxylic acids is 1. The molecule has 0 fully saturated rings. The fourth-order valence-electron chi connectivity index (χ4n) is 1.43. The van der Waals surface area contributed by atoms with Crippen LogP contribution in [0.2, 0.25) is 0 Å². The zero-order valence-electron chi connectivity index (χ0n) is 9.94. The minimum absolute atomic E-state index is 0.360. The predicted molar refractivity (Wildman–Crippen MR) is 61.0 cm³/mol. The van der Waals surface area contributed by atoms with Gasteiger partial charge in [-0.15, -0.1) is 0 Å². The Hall–Kier alpha value is -1.32. The number of esters is 1. The van der Waals surface area contributed by atoms with Crippen molar-refractivity contribution in [1.82, 2.24) is 0 Å². The maximum Gasteiger partial charge on any atom is 0.331 e. The monoisotopic (exact) mass is 228 g/mol. The van der Waals surface area contributed by atoms with Crippen LogP contribution in [0, 0.1) is 5.92 Å². The van der Waals surface area contributed by atoms with E-state index in [1.165, 1.54) is 0 Å². The molecule has 0 aliphatic heterocycles. The van der Waals surface area contributed by atoms with Gasteiger partial charge >= 0.3 is 11.9 Å². The average Bonchev–Trinajstić information content (AvgIpc) is 2.26. The molecule has 16 heavy (non-hydrogen) atoms. The van der Waals surface area contributed by atoms with Crippen molar-refractivity contribution in [2.45, 2.75) is 39.5 Å². The standard InChI is InChI=1S/C12H20O4/c1-3-10(4-2)6-5-9-16-12(15)8-7-11(13)14/h7-8,10H,3-6,9H2,1-2H3,(H,13,14)/b8-7+. The van der Waals surface area contributed by atoms with Crippen molar-refractivity contribution >= 4 is 11.9 Å². The highest BCUT2D eigenvalue weighted by atomic mass is 16.5. The van der Waals surface area contributed by atoms with Gasteiger partial charge in [0.15, 0.2) is 0 Å². The molecule has 0 aromatic carbocycles. The molecule has 0 saturated carbocycles. The van der Waals surface area contributed by atoms with Gasteiger partial charge in [-0.25, -0.2) is 9.59 Å². The van der Waals surface area contributed by atoms with Gasteiger partial charge in [0, 0.05) is 12.2 Å². The van der Waals surface area contributed by atoms with Crippen LogP contribution in [-0.4, -0.2) is 23.7 Å². The van der Waals surface area contributed by atoms with Crippen LogP contribution in [0.25, 0.3) is 0 Å². The second kappa shape index (κ2) is 8.95. The molecule has 1 N–H and O–H groups in total. The van der Waals surface area contributed by atoms with Crippen LogP contribution in [0.4, 0.5) is 0 Å². The molecule has 0 aromatic rings. The zero-order valence-corrected chi connectivity index (χ0v) is 9.94. The van der Waals surface area contributed by atoms with Crippen LogP contribution in [0.15, 0.2) is 12.2 Å². The molecule has 0 radical (unpaired) electrons. The number of ether oxygens (including phenoxy) is 1. The van der Waals surface area contributed by atoms with E-state index in [4.69, 9.17) is 9.84 Å². The molecular weight excluding hydrogens is 208 g/mol. The van der Waals surface area contributed by atoms with Crippen LogP contribution in [0.1, 0.15) is 39.5 Å². The largest absolute Gasteiger partial charge is 0.478 e. The van der Waals surface area contributed by atoms with Crippen LogP contribution in [-0.2, 0) is 14.3 Å². The Morgan fingerprint density at radius 1 is 1.25 bits per heavy atom. The number of rotatable bonds is 8. The van der Waals surface area contributed by atoms with E-state index < -0.39 is 11.9 Å². The fraction of sp³-hybridized carbons (Fsp3) is 0.667. The van der Waals surface area contributed by atoms with Crippen LogP contribution in [0.3, 0.4) is 0 Å². The second-order valence-electron chi connectivity index (χ2n) is 3.66. The van der Waals surface area contributed by atoms with Crippen molar-refractivity contribution in [2.75, 3.05) is 6.61 Å². The maximum atomic E-state index is 11.0. The van der Waals surface area contributed by atoms with Crippen molar-refractivity contribution in [1.29, 1.82) is 0 Å². The topological polar surface area (TPSA) is 63.6 Å². The number of carbonyl (C=O) groups excluding carboxylic acids is 1. The Bertz CT molecular complexity index is 241. The molecule has 0 heterocycles. The third-order valence-corrected chi connectivity index (χ3v) is 2.52. The Morgan fingerprint density at radius 2 is 1.88 bits per heavy atom. The minimum Gasteiger partial charge on any atom is -0.478 e. The van der Waals surface area contributed by atoms with Crippen molar-refractivity contribution in [3.05, 3.63) is 12.2 Å². The van der Waals surface area contributed by atoms with Gasteiger partial charge in [0.25, 0.3) is 0 Å². The molecule has 92 valence electrons. The molecule has 0 bridgehead atoms. The Balaban J connectivity index is 3.58. The summed E-state index contributed by atoms with van der Waals surface area (Å²) in [6.07, 6.45) is 5.87. The van der Waals surface area contributed by atoms with E-state index in [0.717, 1.165) is 37.8 Å². The first kappa shape index (κ1) is 14.7. The first-order chi connectivity index (χ1) is 7.60. The molecule has 4 nitrogen and oxygen atoms in total. The highest BCUT2D eigenvalue weighted by molar-refractivity contribution is 5.90. The minimum atomic E-state index is -1.14. The SMILES string of the molecule is CCC(CC)CCCOC(=O)/C=C/C(=O)O. The number of carboxylic acid groups (broad SMARTS) is 1. The molecule has 0 aliphatic carbocycles. The van der Waals surface area contributed by atoms with Crippen molar-refractivity contribution in [3.63, 3.8) is 0 Å². The summed E-state index contributed by atoms with van der Waals surface area (Å²) in [5.74, 6) is -1.05. The lowest BCUT2D eigenvalue weighted by Crippen LogP contribution is -2.05. The van der Waals surface area contributed by atoms with Gasteiger partial charge in [-0.05, 0) is 18.8 Å². The summed E-state index contributed by atoms with van der Waals surface area (Å²) >= 11 is 0. The first-order valence-electron chi connectivity index (χ1n) is 5.67. The Morgan fingerprint density at radius 3 is 2.38 bits per heavy atom. The summed E-state index contributed by atoms with van der Waals surface area (Å²) in [6, 6.07) is 0. The highest BCUT2D eigenvalue weighted by Gasteiger charge is 2.04. The molecule has 0 amide bonds. The van der Waals surface area contributed by atoms with Crippen molar-refractivity contribution < 1.29 is 19.4 Å². The van der Waals surface area contributed by atoms with Gasteiger partial charge < -0.3 is 9.84 Å². The number of hydrogen-bond acceptors (Lipinski definition) is 3. The van der Waals surface area contributed by atoms with Gasteiger partial charge in [0.2, 0.25) is 0 Å². The second-order valence-corrected chi connectivity index (χ2v) is 3.66. The molecule has 0 aromatic heterocycles. The lowest BCUT2D eigenvalue weighted by molar-refractivity contribution is -0.138. The molecule has 0 atom stereocenters. The molecule has 0 saturated heterocycles. The molecule has 0 unspecified atom stereocenters. The normalized spacial score (nSPS) is 10.9. The van der Waals surface area contributed by atoms with Gasteiger partial charge in [-0.2, -0.15) is 0 Å². The van der Waals surface area contributed by atoms with E-state index in [1.54, 1.807) is 0 Å². The van der Waals surface area contributed by atoms with E-state index in [2.05, 4.69) is 13.8 Å². The van der Waals surface area contributed by atoms with Crippen LogP contribution < -0.4 is 0 Å². The summed E-state index contributed by atoms with van der Waals surface area (Å²) in [7, 11) is 0. The van der Waals surface area contributed by atoms with Crippen LogP contribution in [0.5, 0.6) is 0 Å². The fourth-order valence-corrected chi connectivity index (χ4v) is 1.43. The van der Waals surface area contributed by atoms with E-state index >= 15 is 0 Å². The molecule has 0 spiro atoms. The van der Waals surface area contributed by atoms with Gasteiger partial charge in [-0.3, -0.25) is 0 Å². The smallest absolute Gasteiger partial charge is 0.331 e. The summed E-state index contributed by atoms with van der Waals surface area (Å²) in [5, 5.41) is 8.28. The quantitative estimate of drug-likeness (QED) is 0.393. The third-order valence-electron chi connectivity index (χ3n) is 2.52. The molecular formula is C12H20O4. The first-order valence-corrected chi connectivity index (χ1v) is 5.67. The van der Waals surface area contributed by atoms with Crippen molar-refractivity contribution in [3.8, 4) is 0 Å². The van der Waals surface area contributed by atoms with Gasteiger partial charge in [-0.1, -0.05) is 26.7 Å². The number of aliphatic carboxylic acids is 1. The van der Waals surface area contributed by atoms with E-state index in [9.17, 15) is 9.59 Å². The highest BCUT2D eigenvalue weighted by Crippen LogP contribution is 2.14. The predicted octanol–water partition coefficient (Wildman–Crippen LogP) is 2.39. The molecule has 0 aliphatic rings. The summed E-state index contributed by atoms with van der Waals surface area (Å²) in [5.41, 5.74) is 0. The van der Waals surface area contributed by atoms with Crippen LogP contribution >= 0.6 is 0 Å². The maximum absolute atomic E-state index is 11.0. The van der Waals surface area contributed by atoms with Gasteiger partial charge in [0.1, 0.15) is 0 Å². The third kappa shape index (κ3) is 8.03. The molecule has 0 rings (SSSR count). The number of hydrogen-bond donors (Lipinski definition) is 1. The Kier molecular flexibility index (Phi) is 8.21. The van der Waals surface area contributed by atoms with Crippen molar-refractivity contribution in [2.24, 2.45) is 5.92 Å². The molecule has 4 heteroatoms. The Labute approximate surface area is 96.3 Å². The summed E-state index contributed by atoms with van der Waals surface area (Å²) in [6.45, 7) is 4.66. The summed E-state index contributed by atoms with van der Waals surface area (Å²) in [4.78, 5) is 21.1. The summed E-state index contributed by atoms with van der Waals surface area (Å²) < 4.78 is 4.84.